The monoisotopic (exact) mass is 417 g/mol. The van der Waals surface area contributed by atoms with E-state index >= 15 is 0 Å². The van der Waals surface area contributed by atoms with Gasteiger partial charge in [0.15, 0.2) is 0 Å². The van der Waals surface area contributed by atoms with Crippen molar-refractivity contribution >= 4 is 23.2 Å². The molecule has 3 aromatic rings. The topological polar surface area (TPSA) is 79.3 Å². The zero-order chi connectivity index (χ0) is 21.6. The van der Waals surface area contributed by atoms with Crippen LogP contribution in [0.5, 0.6) is 0 Å². The number of hydrogen-bond donors (Lipinski definition) is 2. The van der Waals surface area contributed by atoms with Crippen LogP contribution >= 0.6 is 0 Å². The predicted octanol–water partition coefficient (Wildman–Crippen LogP) is 3.76. The van der Waals surface area contributed by atoms with E-state index in [0.29, 0.717) is 23.6 Å². The first-order valence-electron chi connectivity index (χ1n) is 10.6. The highest BCUT2D eigenvalue weighted by atomic mass is 16.2. The number of piperidine rings is 1. The van der Waals surface area contributed by atoms with Gasteiger partial charge in [0.1, 0.15) is 5.69 Å². The Morgan fingerprint density at radius 3 is 2.23 bits per heavy atom. The molecule has 1 aliphatic rings. The molecule has 1 aliphatic heterocycles. The second-order valence-electron chi connectivity index (χ2n) is 7.82. The summed E-state index contributed by atoms with van der Waals surface area (Å²) in [6, 6.07) is 18.7. The minimum absolute atomic E-state index is 0.0120. The lowest BCUT2D eigenvalue weighted by atomic mass is 10.1. The molecule has 2 amide bonds. The first-order chi connectivity index (χ1) is 15.1. The second kappa shape index (κ2) is 9.57. The Morgan fingerprint density at radius 2 is 1.55 bits per heavy atom. The summed E-state index contributed by atoms with van der Waals surface area (Å²) >= 11 is 0. The minimum atomic E-state index is -0.237. The molecule has 2 heterocycles. The van der Waals surface area contributed by atoms with Crippen LogP contribution in [0.25, 0.3) is 11.3 Å². The summed E-state index contributed by atoms with van der Waals surface area (Å²) in [5, 5.41) is 10.3. The maximum absolute atomic E-state index is 12.7. The molecule has 31 heavy (non-hydrogen) atoms. The summed E-state index contributed by atoms with van der Waals surface area (Å²) in [6.07, 6.45) is 3.56. The standard InChI is InChI=1S/C24H27N5O2/c1-28-22(16-21(27-28)18-8-4-2-5-9-18)24(31)26-20-12-10-19(11-13-20)25-23(30)17-29-14-6-3-7-15-29/h2,4-5,8-13,16H,3,6-7,14-15,17H2,1H3,(H,25,30)(H,26,31). The molecule has 0 bridgehead atoms. The van der Waals surface area contributed by atoms with Crippen LogP contribution in [0.2, 0.25) is 0 Å². The van der Waals surface area contributed by atoms with Crippen molar-refractivity contribution in [3.63, 3.8) is 0 Å². The van der Waals surface area contributed by atoms with Gasteiger partial charge in [0.2, 0.25) is 5.91 Å². The number of nitrogens with zero attached hydrogens (tertiary/aromatic N) is 3. The van der Waals surface area contributed by atoms with E-state index in [9.17, 15) is 9.59 Å². The molecule has 0 aliphatic carbocycles. The van der Waals surface area contributed by atoms with Gasteiger partial charge in [-0.05, 0) is 56.3 Å². The van der Waals surface area contributed by atoms with Crippen molar-refractivity contribution in [2.24, 2.45) is 7.05 Å². The minimum Gasteiger partial charge on any atom is -0.325 e. The van der Waals surface area contributed by atoms with Gasteiger partial charge in [-0.3, -0.25) is 19.2 Å². The van der Waals surface area contributed by atoms with E-state index in [2.05, 4.69) is 20.6 Å². The first-order valence-corrected chi connectivity index (χ1v) is 10.6. The third-order valence-electron chi connectivity index (χ3n) is 5.42. The SMILES string of the molecule is Cn1nc(-c2ccccc2)cc1C(=O)Nc1ccc(NC(=O)CN2CCCCC2)cc1. The largest absolute Gasteiger partial charge is 0.325 e. The smallest absolute Gasteiger partial charge is 0.273 e. The summed E-state index contributed by atoms with van der Waals surface area (Å²) < 4.78 is 1.58. The van der Waals surface area contributed by atoms with E-state index in [0.717, 1.165) is 37.2 Å². The Labute approximate surface area is 182 Å². The molecule has 4 rings (SSSR count). The van der Waals surface area contributed by atoms with Gasteiger partial charge in [-0.1, -0.05) is 36.8 Å². The molecule has 1 aromatic heterocycles. The Morgan fingerprint density at radius 1 is 0.903 bits per heavy atom. The predicted molar refractivity (Wildman–Crippen MR) is 122 cm³/mol. The van der Waals surface area contributed by atoms with Gasteiger partial charge >= 0.3 is 0 Å². The summed E-state index contributed by atoms with van der Waals surface area (Å²) in [5.74, 6) is -0.249. The summed E-state index contributed by atoms with van der Waals surface area (Å²) in [5.41, 5.74) is 3.55. The molecule has 0 spiro atoms. The average molecular weight is 418 g/mol. The summed E-state index contributed by atoms with van der Waals surface area (Å²) in [7, 11) is 1.75. The summed E-state index contributed by atoms with van der Waals surface area (Å²) in [4.78, 5) is 27.2. The lowest BCUT2D eigenvalue weighted by Crippen LogP contribution is -2.36. The number of anilines is 2. The maximum Gasteiger partial charge on any atom is 0.273 e. The maximum atomic E-state index is 12.7. The van der Waals surface area contributed by atoms with Crippen LogP contribution in [-0.2, 0) is 11.8 Å². The van der Waals surface area contributed by atoms with Crippen molar-refractivity contribution in [2.45, 2.75) is 19.3 Å². The Kier molecular flexibility index (Phi) is 6.43. The van der Waals surface area contributed by atoms with Crippen LogP contribution in [0.1, 0.15) is 29.8 Å². The lowest BCUT2D eigenvalue weighted by molar-refractivity contribution is -0.117. The molecule has 2 N–H and O–H groups in total. The quantitative estimate of drug-likeness (QED) is 0.640. The summed E-state index contributed by atoms with van der Waals surface area (Å²) in [6.45, 7) is 2.39. The van der Waals surface area contributed by atoms with Crippen LogP contribution in [0.15, 0.2) is 60.7 Å². The van der Waals surface area contributed by atoms with E-state index in [1.54, 1.807) is 42.1 Å². The normalized spacial score (nSPS) is 14.2. The van der Waals surface area contributed by atoms with Crippen molar-refractivity contribution in [1.82, 2.24) is 14.7 Å². The number of aryl methyl sites for hydroxylation is 1. The number of nitrogens with one attached hydrogen (secondary N) is 2. The van der Waals surface area contributed by atoms with Crippen molar-refractivity contribution in [2.75, 3.05) is 30.3 Å². The van der Waals surface area contributed by atoms with Gasteiger partial charge < -0.3 is 10.6 Å². The molecule has 1 fully saturated rings. The van der Waals surface area contributed by atoms with Gasteiger partial charge in [-0.2, -0.15) is 5.10 Å². The molecule has 1 saturated heterocycles. The molecule has 7 nitrogen and oxygen atoms in total. The second-order valence-corrected chi connectivity index (χ2v) is 7.82. The van der Waals surface area contributed by atoms with Crippen LogP contribution < -0.4 is 10.6 Å². The molecular weight excluding hydrogens is 390 g/mol. The molecule has 160 valence electrons. The van der Waals surface area contributed by atoms with Gasteiger partial charge in [0.05, 0.1) is 12.2 Å². The number of likely N-dealkylation sites (tertiary alicyclic amines) is 1. The molecule has 0 saturated carbocycles. The lowest BCUT2D eigenvalue weighted by Gasteiger charge is -2.25. The van der Waals surface area contributed by atoms with Crippen molar-refractivity contribution < 1.29 is 9.59 Å². The van der Waals surface area contributed by atoms with E-state index in [1.807, 2.05) is 30.3 Å². The number of hydrogen-bond acceptors (Lipinski definition) is 4. The number of carbonyl (C=O) groups is 2. The molecule has 7 heteroatoms. The Balaban J connectivity index is 1.35. The number of aromatic nitrogens is 2. The Hall–Kier alpha value is -3.45. The Bertz CT molecular complexity index is 1040. The van der Waals surface area contributed by atoms with Crippen LogP contribution in [0, 0.1) is 0 Å². The van der Waals surface area contributed by atoms with Crippen molar-refractivity contribution in [1.29, 1.82) is 0 Å². The fraction of sp³-hybridized carbons (Fsp3) is 0.292. The van der Waals surface area contributed by atoms with E-state index in [-0.39, 0.29) is 11.8 Å². The van der Waals surface area contributed by atoms with Gasteiger partial charge in [0, 0.05) is 24.0 Å². The van der Waals surface area contributed by atoms with Crippen LogP contribution in [-0.4, -0.2) is 46.1 Å². The van der Waals surface area contributed by atoms with E-state index in [1.165, 1.54) is 6.42 Å². The number of amides is 2. The molecule has 2 aromatic carbocycles. The van der Waals surface area contributed by atoms with Crippen molar-refractivity contribution in [3.8, 4) is 11.3 Å². The third kappa shape index (κ3) is 5.38. The molecular formula is C24H27N5O2. The van der Waals surface area contributed by atoms with Crippen LogP contribution in [0.4, 0.5) is 11.4 Å². The van der Waals surface area contributed by atoms with Gasteiger partial charge in [-0.15, -0.1) is 0 Å². The first kappa shape index (κ1) is 20.8. The highest BCUT2D eigenvalue weighted by Gasteiger charge is 2.16. The average Bonchev–Trinajstić information content (AvgIpc) is 3.18. The molecule has 0 radical (unpaired) electrons. The highest BCUT2D eigenvalue weighted by Crippen LogP contribution is 2.20. The molecule has 0 atom stereocenters. The van der Waals surface area contributed by atoms with Gasteiger partial charge in [0.25, 0.3) is 5.91 Å². The van der Waals surface area contributed by atoms with E-state index < -0.39 is 0 Å². The third-order valence-corrected chi connectivity index (χ3v) is 5.42. The highest BCUT2D eigenvalue weighted by molar-refractivity contribution is 6.04. The van der Waals surface area contributed by atoms with E-state index in [4.69, 9.17) is 0 Å². The zero-order valence-corrected chi connectivity index (χ0v) is 17.7. The number of benzene rings is 2. The zero-order valence-electron chi connectivity index (χ0n) is 17.7. The number of rotatable bonds is 6. The van der Waals surface area contributed by atoms with Crippen molar-refractivity contribution in [3.05, 3.63) is 66.4 Å². The fourth-order valence-corrected chi connectivity index (χ4v) is 3.78. The molecule has 0 unspecified atom stereocenters. The van der Waals surface area contributed by atoms with Crippen LogP contribution in [0.3, 0.4) is 0 Å². The fourth-order valence-electron chi connectivity index (χ4n) is 3.78. The van der Waals surface area contributed by atoms with Gasteiger partial charge in [-0.25, -0.2) is 0 Å². The number of carbonyl (C=O) groups excluding carboxylic acids is 2.